The molecule has 8 nitrogen and oxygen atoms in total. The Balaban J connectivity index is 1.45. The number of aliphatic imine (C=N–C) groups is 1. The number of thioether (sulfide) groups is 1. The maximum absolute atomic E-state index is 14.1. The number of rotatable bonds is 5. The third-order valence-electron chi connectivity index (χ3n) is 7.54. The summed E-state index contributed by atoms with van der Waals surface area (Å²) < 4.78 is 0. The number of halogens is 2. The zero-order chi connectivity index (χ0) is 26.6. The molecule has 0 radical (unpaired) electrons. The highest BCUT2D eigenvalue weighted by Crippen LogP contribution is 2.56. The highest BCUT2D eigenvalue weighted by atomic mass is 35.5. The number of H-pyrrole nitrogens is 1. The van der Waals surface area contributed by atoms with E-state index in [0.29, 0.717) is 27.3 Å². The van der Waals surface area contributed by atoms with Gasteiger partial charge in [-0.05, 0) is 72.8 Å². The van der Waals surface area contributed by atoms with E-state index >= 15 is 0 Å². The largest absolute Gasteiger partial charge is 0.328 e. The Labute approximate surface area is 235 Å². The molecule has 0 aliphatic carbocycles. The van der Waals surface area contributed by atoms with Gasteiger partial charge in [-0.1, -0.05) is 66.5 Å². The van der Waals surface area contributed by atoms with Gasteiger partial charge < -0.3 is 9.80 Å². The fourth-order valence-electron chi connectivity index (χ4n) is 5.78. The molecule has 0 bridgehead atoms. The van der Waals surface area contributed by atoms with E-state index < -0.39 is 5.54 Å². The van der Waals surface area contributed by atoms with Crippen molar-refractivity contribution >= 4 is 46.0 Å². The highest BCUT2D eigenvalue weighted by Gasteiger charge is 2.53. The predicted molar refractivity (Wildman–Crippen MR) is 150 cm³/mol. The number of nitrogens with one attached hydrogen (secondary N) is 1. The Morgan fingerprint density at radius 1 is 1.11 bits per heavy atom. The fraction of sp³-hybridized carbons (Fsp3) is 0.370. The molecule has 3 aliphatic rings. The number of tetrazole rings is 1. The van der Waals surface area contributed by atoms with Crippen molar-refractivity contribution in [2.75, 3.05) is 6.54 Å². The number of benzene rings is 2. The van der Waals surface area contributed by atoms with Crippen molar-refractivity contribution < 1.29 is 4.79 Å². The van der Waals surface area contributed by atoms with Gasteiger partial charge in [0, 0.05) is 22.3 Å². The van der Waals surface area contributed by atoms with E-state index in [1.807, 2.05) is 41.3 Å². The van der Waals surface area contributed by atoms with Crippen LogP contribution in [0.1, 0.15) is 62.6 Å². The first-order valence-electron chi connectivity index (χ1n) is 12.6. The van der Waals surface area contributed by atoms with Crippen LogP contribution in [0.2, 0.25) is 10.0 Å². The van der Waals surface area contributed by atoms with Crippen molar-refractivity contribution in [2.24, 2.45) is 10.9 Å². The van der Waals surface area contributed by atoms with Gasteiger partial charge in [0.15, 0.2) is 11.0 Å². The number of carbonyl (C=O) groups is 1. The number of nitrogens with zero attached hydrogens (tertiary/aromatic N) is 6. The fourth-order valence-corrected chi connectivity index (χ4v) is 7.40. The van der Waals surface area contributed by atoms with Crippen LogP contribution < -0.4 is 0 Å². The Morgan fingerprint density at radius 3 is 2.42 bits per heavy atom. The van der Waals surface area contributed by atoms with Crippen molar-refractivity contribution in [1.29, 1.82) is 0 Å². The van der Waals surface area contributed by atoms with E-state index in [0.717, 1.165) is 34.8 Å². The molecule has 38 heavy (non-hydrogen) atoms. The van der Waals surface area contributed by atoms with Crippen LogP contribution in [-0.4, -0.2) is 48.0 Å². The molecule has 2 aromatic carbocycles. The standard InChI is InChI=1S/C27H27Cl2N7OS/c1-15(2)21-22(25(37)35-14-4-5-20(35)24-31-33-34-32-24)38-26-30-27(3,17-8-12-19(29)13-9-17)23(36(21)26)16-6-10-18(28)11-7-16/h6-13,15,20,23H,4-5,14H2,1-3H3,(H,31,32,33,34). The predicted octanol–water partition coefficient (Wildman–Crippen LogP) is 6.11. The summed E-state index contributed by atoms with van der Waals surface area (Å²) in [6.45, 7) is 7.06. The summed E-state index contributed by atoms with van der Waals surface area (Å²) >= 11 is 14.0. The smallest absolute Gasteiger partial charge is 0.263 e. The third-order valence-corrected chi connectivity index (χ3v) is 9.10. The molecule has 3 atom stereocenters. The van der Waals surface area contributed by atoms with Crippen molar-refractivity contribution in [1.82, 2.24) is 30.4 Å². The molecule has 11 heteroatoms. The molecule has 1 fully saturated rings. The first-order chi connectivity index (χ1) is 18.3. The summed E-state index contributed by atoms with van der Waals surface area (Å²) in [6, 6.07) is 15.4. The second-order valence-corrected chi connectivity index (χ2v) is 12.1. The lowest BCUT2D eigenvalue weighted by molar-refractivity contribution is -0.127. The van der Waals surface area contributed by atoms with Crippen LogP contribution in [0.25, 0.3) is 0 Å². The highest BCUT2D eigenvalue weighted by molar-refractivity contribution is 8.18. The second-order valence-electron chi connectivity index (χ2n) is 10.3. The first-order valence-corrected chi connectivity index (χ1v) is 14.2. The Hall–Kier alpha value is -2.88. The van der Waals surface area contributed by atoms with Crippen LogP contribution in [0.15, 0.2) is 64.1 Å². The number of amides is 1. The van der Waals surface area contributed by atoms with Crippen molar-refractivity contribution in [3.05, 3.63) is 86.1 Å². The maximum atomic E-state index is 14.1. The van der Waals surface area contributed by atoms with Crippen LogP contribution in [-0.2, 0) is 10.3 Å². The molecule has 1 N–H and O–H groups in total. The zero-order valence-electron chi connectivity index (χ0n) is 21.2. The molecule has 1 amide bonds. The number of allylic oxidation sites excluding steroid dienone is 1. The van der Waals surface area contributed by atoms with Crippen LogP contribution in [0.4, 0.5) is 0 Å². The molecular formula is C27H27Cl2N7OS. The zero-order valence-corrected chi connectivity index (χ0v) is 23.6. The quantitative estimate of drug-likeness (QED) is 0.399. The number of aromatic amines is 1. The molecule has 196 valence electrons. The van der Waals surface area contributed by atoms with Crippen LogP contribution in [0.5, 0.6) is 0 Å². The number of fused-ring (bicyclic) bond motifs is 1. The van der Waals surface area contributed by atoms with Gasteiger partial charge in [0.25, 0.3) is 5.91 Å². The summed E-state index contributed by atoms with van der Waals surface area (Å²) in [6.07, 6.45) is 1.71. The molecule has 1 saturated heterocycles. The Bertz CT molecular complexity index is 1420. The topological polar surface area (TPSA) is 90.4 Å². The molecular weight excluding hydrogens is 541 g/mol. The van der Waals surface area contributed by atoms with Gasteiger partial charge in [-0.3, -0.25) is 4.79 Å². The molecule has 1 aromatic heterocycles. The average Bonchev–Trinajstić information content (AvgIpc) is 3.68. The van der Waals surface area contributed by atoms with Crippen molar-refractivity contribution in [3.8, 4) is 0 Å². The van der Waals surface area contributed by atoms with Gasteiger partial charge >= 0.3 is 0 Å². The molecule has 3 aliphatic heterocycles. The van der Waals surface area contributed by atoms with Gasteiger partial charge in [0.1, 0.15) is 10.4 Å². The molecule has 4 heterocycles. The summed E-state index contributed by atoms with van der Waals surface area (Å²) in [5, 5.41) is 16.7. The normalized spacial score (nSPS) is 24.9. The number of likely N-dealkylation sites (tertiary alicyclic amines) is 1. The van der Waals surface area contributed by atoms with E-state index in [-0.39, 0.29) is 23.9 Å². The van der Waals surface area contributed by atoms with Gasteiger partial charge in [-0.2, -0.15) is 5.21 Å². The number of hydrogen-bond acceptors (Lipinski definition) is 7. The summed E-state index contributed by atoms with van der Waals surface area (Å²) in [7, 11) is 0. The van der Waals surface area contributed by atoms with Gasteiger partial charge in [0.2, 0.25) is 0 Å². The van der Waals surface area contributed by atoms with Crippen LogP contribution in [0.3, 0.4) is 0 Å². The van der Waals surface area contributed by atoms with E-state index in [9.17, 15) is 4.79 Å². The first kappa shape index (κ1) is 25.4. The van der Waals surface area contributed by atoms with E-state index in [1.54, 1.807) is 0 Å². The molecule has 0 saturated carbocycles. The minimum atomic E-state index is -0.601. The van der Waals surface area contributed by atoms with Crippen LogP contribution >= 0.6 is 35.0 Å². The molecule has 3 aromatic rings. The minimum absolute atomic E-state index is 0.00819. The van der Waals surface area contributed by atoms with Gasteiger partial charge in [-0.25, -0.2) is 4.99 Å². The lowest BCUT2D eigenvalue weighted by Crippen LogP contribution is -2.37. The van der Waals surface area contributed by atoms with E-state index in [2.05, 4.69) is 58.4 Å². The second kappa shape index (κ2) is 9.70. The van der Waals surface area contributed by atoms with Gasteiger partial charge in [0.05, 0.1) is 12.1 Å². The Kier molecular flexibility index (Phi) is 6.48. The SMILES string of the molecule is CC(C)C1=C(C(=O)N2CCCC2c2nn[nH]n2)SC2=NC(C)(c3ccc(Cl)cc3)C(c3ccc(Cl)cc3)N21. The molecule has 6 rings (SSSR count). The summed E-state index contributed by atoms with van der Waals surface area (Å²) in [5.41, 5.74) is 2.51. The maximum Gasteiger partial charge on any atom is 0.263 e. The number of carbonyl (C=O) groups excluding carboxylic acids is 1. The van der Waals surface area contributed by atoms with Gasteiger partial charge in [-0.15, -0.1) is 10.2 Å². The molecule has 3 unspecified atom stereocenters. The third kappa shape index (κ3) is 4.12. The van der Waals surface area contributed by atoms with Crippen molar-refractivity contribution in [2.45, 2.75) is 51.2 Å². The van der Waals surface area contributed by atoms with E-state index in [1.165, 1.54) is 11.8 Å². The van der Waals surface area contributed by atoms with E-state index in [4.69, 9.17) is 28.2 Å². The Morgan fingerprint density at radius 2 is 1.79 bits per heavy atom. The monoisotopic (exact) mass is 567 g/mol. The summed E-state index contributed by atoms with van der Waals surface area (Å²) in [4.78, 5) is 24.3. The molecule has 0 spiro atoms. The number of aromatic nitrogens is 4. The van der Waals surface area contributed by atoms with Crippen molar-refractivity contribution in [3.63, 3.8) is 0 Å². The lowest BCUT2D eigenvalue weighted by Gasteiger charge is -2.37. The lowest BCUT2D eigenvalue weighted by atomic mass is 9.81. The summed E-state index contributed by atoms with van der Waals surface area (Å²) in [5.74, 6) is 0.631. The number of amidine groups is 1. The number of hydrogen-bond donors (Lipinski definition) is 1. The van der Waals surface area contributed by atoms with Crippen LogP contribution in [0, 0.1) is 5.92 Å². The minimum Gasteiger partial charge on any atom is -0.328 e. The average molecular weight is 569 g/mol.